The third-order valence-electron chi connectivity index (χ3n) is 0. The second-order valence-electron chi connectivity index (χ2n) is 0.519. The van der Waals surface area contributed by atoms with E-state index in [1.165, 1.54) is 0 Å². The van der Waals surface area contributed by atoms with E-state index in [1.807, 2.05) is 0 Å². The molecule has 0 aliphatic rings. The number of hydrogen-bond acceptors (Lipinski definition) is 1. The van der Waals surface area contributed by atoms with E-state index in [-0.39, 0.29) is 87.9 Å². The van der Waals surface area contributed by atoms with Crippen LogP contribution in [0.4, 0.5) is 0 Å². The molecule has 2 nitrogen and oxygen atoms in total. The van der Waals surface area contributed by atoms with Crippen molar-refractivity contribution in [3.05, 3.63) is 0 Å². The van der Waals surface area contributed by atoms with Gasteiger partial charge in [-0.15, -0.1) is 0 Å². The quantitative estimate of drug-likeness (QED) is 0.335. The molecule has 0 saturated heterocycles. The number of carboxylic acid groups (broad SMARTS) is 1. The average molecular weight is 134 g/mol. The van der Waals surface area contributed by atoms with Crippen LogP contribution in [0.25, 0.3) is 0 Å². The fourth-order valence-electron chi connectivity index (χ4n) is 0. The van der Waals surface area contributed by atoms with Crippen molar-refractivity contribution < 1.29 is 74.7 Å². The summed E-state index contributed by atoms with van der Waals surface area (Å²) < 4.78 is 0. The van der Waals surface area contributed by atoms with Crippen LogP contribution in [0.3, 0.4) is 0 Å². The van der Waals surface area contributed by atoms with Gasteiger partial charge in [0.15, 0.2) is 0 Å². The van der Waals surface area contributed by atoms with Crippen LogP contribution in [0.15, 0.2) is 0 Å². The summed E-state index contributed by atoms with van der Waals surface area (Å²) in [5.41, 5.74) is 0. The van der Waals surface area contributed by atoms with Crippen molar-refractivity contribution in [1.82, 2.24) is 0 Å². The molecule has 0 fully saturated rings. The molecule has 0 radical (unpaired) electrons. The second-order valence-corrected chi connectivity index (χ2v) is 0.519. The third-order valence-corrected chi connectivity index (χ3v) is 0. The van der Waals surface area contributed by atoms with Crippen LogP contribution >= 0.6 is 0 Å². The molecule has 0 heterocycles. The van der Waals surface area contributed by atoms with Gasteiger partial charge in [0.05, 0.1) is 0 Å². The predicted molar refractivity (Wildman–Crippen MR) is 23.5 cm³/mol. The van der Waals surface area contributed by atoms with Gasteiger partial charge in [-0.1, -0.05) is 0 Å². The minimum atomic E-state index is -0.833. The van der Waals surface area contributed by atoms with Crippen LogP contribution in [0.2, 0.25) is 0 Å². The molecule has 5 heteroatoms. The van der Waals surface area contributed by atoms with Gasteiger partial charge in [0.1, 0.15) is 0 Å². The van der Waals surface area contributed by atoms with Crippen molar-refractivity contribution in [1.29, 1.82) is 0 Å². The van der Waals surface area contributed by atoms with E-state index in [2.05, 4.69) is 0 Å². The van der Waals surface area contributed by atoms with Crippen molar-refractivity contribution in [2.24, 2.45) is 0 Å². The Morgan fingerprint density at radius 1 is 1.57 bits per heavy atom. The molecule has 0 atom stereocenters. The van der Waals surface area contributed by atoms with Crippen LogP contribution in [-0.4, -0.2) is 34.1 Å². The van der Waals surface area contributed by atoms with Crippen LogP contribution in [0.5, 0.6) is 0 Å². The first-order valence-corrected chi connectivity index (χ1v) is 0.928. The molecule has 0 aromatic carbocycles. The molecule has 0 aliphatic carbocycles. The summed E-state index contributed by atoms with van der Waals surface area (Å²) in [6.07, 6.45) is 0. The standard InChI is InChI=1S/C2H4O2.Mg.2Na.4H/c1-2(3)4;;;;;;;/h1H3,(H,3,4);;;;;;;/q;+2;2*+1;4*-1. The van der Waals surface area contributed by atoms with E-state index in [1.54, 1.807) is 0 Å². The predicted octanol–water partition coefficient (Wildman–Crippen LogP) is -5.83. The maximum Gasteiger partial charge on any atom is 2.00 e. The summed E-state index contributed by atoms with van der Waals surface area (Å²) in [4.78, 5) is 9.00. The minimum absolute atomic E-state index is 0. The molecule has 0 spiro atoms. The van der Waals surface area contributed by atoms with Crippen molar-refractivity contribution in [3.63, 3.8) is 0 Å². The molecular formula is C2H8MgNa2O2. The number of hydrogen-bond donors (Lipinski definition) is 1. The van der Waals surface area contributed by atoms with Gasteiger partial charge in [0.25, 0.3) is 5.97 Å². The van der Waals surface area contributed by atoms with Gasteiger partial charge in [0, 0.05) is 6.92 Å². The Hall–Kier alpha value is 2.24. The number of carbonyl (C=O) groups is 1. The van der Waals surface area contributed by atoms with E-state index < -0.39 is 5.97 Å². The van der Waals surface area contributed by atoms with Crippen LogP contribution in [-0.2, 0) is 4.79 Å². The van der Waals surface area contributed by atoms with E-state index in [4.69, 9.17) is 9.90 Å². The van der Waals surface area contributed by atoms with Gasteiger partial charge < -0.3 is 10.8 Å². The minimum Gasteiger partial charge on any atom is -1.00 e. The van der Waals surface area contributed by atoms with Gasteiger partial charge in [-0.2, -0.15) is 0 Å². The molecule has 0 unspecified atom stereocenters. The normalized spacial score (nSPS) is 3.57. The first-order valence-electron chi connectivity index (χ1n) is 0.928. The average Bonchev–Trinajstić information content (AvgIpc) is 0.811. The largest absolute Gasteiger partial charge is 2.00 e. The molecule has 7 heavy (non-hydrogen) atoms. The van der Waals surface area contributed by atoms with E-state index in [9.17, 15) is 0 Å². The molecule has 0 rings (SSSR count). The molecular weight excluding hydrogens is 126 g/mol. The second kappa shape index (κ2) is 15.7. The Morgan fingerprint density at radius 3 is 1.57 bits per heavy atom. The molecule has 0 aromatic rings. The molecule has 32 valence electrons. The van der Waals surface area contributed by atoms with Gasteiger partial charge in [-0.25, -0.2) is 0 Å². The fraction of sp³-hybridized carbons (Fsp3) is 0.500. The van der Waals surface area contributed by atoms with Gasteiger partial charge >= 0.3 is 82.2 Å². The Kier molecular flexibility index (Phi) is 51.3. The van der Waals surface area contributed by atoms with Crippen molar-refractivity contribution in [2.45, 2.75) is 6.92 Å². The van der Waals surface area contributed by atoms with Gasteiger partial charge in [-0.3, -0.25) is 4.79 Å². The van der Waals surface area contributed by atoms with Crippen molar-refractivity contribution >= 4 is 29.0 Å². The zero-order chi connectivity index (χ0) is 3.58. The first-order chi connectivity index (χ1) is 1.73. The molecule has 0 aromatic heterocycles. The summed E-state index contributed by atoms with van der Waals surface area (Å²) in [6, 6.07) is 0. The van der Waals surface area contributed by atoms with Crippen LogP contribution < -0.4 is 59.1 Å². The molecule has 0 aliphatic heterocycles. The van der Waals surface area contributed by atoms with E-state index in [0.29, 0.717) is 0 Å². The smallest absolute Gasteiger partial charge is 1.00 e. The monoisotopic (exact) mass is 134 g/mol. The van der Waals surface area contributed by atoms with Crippen molar-refractivity contribution in [2.75, 3.05) is 0 Å². The van der Waals surface area contributed by atoms with E-state index in [0.717, 1.165) is 6.92 Å². The maximum absolute atomic E-state index is 9.00. The first kappa shape index (κ1) is 22.9. The van der Waals surface area contributed by atoms with Gasteiger partial charge in [-0.05, 0) is 0 Å². The van der Waals surface area contributed by atoms with E-state index >= 15 is 0 Å². The number of aliphatic carboxylic acids is 1. The molecule has 0 bridgehead atoms. The Bertz CT molecular complexity index is 47.1. The van der Waals surface area contributed by atoms with Crippen molar-refractivity contribution in [3.8, 4) is 0 Å². The summed E-state index contributed by atoms with van der Waals surface area (Å²) in [5.74, 6) is -0.833. The zero-order valence-electron chi connectivity index (χ0n) is 9.06. The van der Waals surface area contributed by atoms with Crippen LogP contribution in [0.1, 0.15) is 12.6 Å². The topological polar surface area (TPSA) is 37.3 Å². The summed E-state index contributed by atoms with van der Waals surface area (Å²) in [7, 11) is 0. The zero-order valence-corrected chi connectivity index (χ0v) is 10.5. The number of carboxylic acids is 1. The maximum atomic E-state index is 9.00. The molecule has 0 amide bonds. The van der Waals surface area contributed by atoms with Gasteiger partial charge in [0.2, 0.25) is 0 Å². The summed E-state index contributed by atoms with van der Waals surface area (Å²) in [6.45, 7) is 1.08. The summed E-state index contributed by atoms with van der Waals surface area (Å²) in [5, 5.41) is 7.42. The molecule has 1 N–H and O–H groups in total. The Labute approximate surface area is 109 Å². The fourth-order valence-corrected chi connectivity index (χ4v) is 0. The number of rotatable bonds is 0. The Morgan fingerprint density at radius 2 is 1.57 bits per heavy atom. The Balaban J connectivity index is -0.00000000214. The third kappa shape index (κ3) is 64.1. The SMILES string of the molecule is CC(=O)O.[H-].[H-].[H-].[H-].[Mg+2].[Na+].[Na+]. The molecule has 0 saturated carbocycles. The summed E-state index contributed by atoms with van der Waals surface area (Å²) >= 11 is 0. The van der Waals surface area contributed by atoms with Crippen LogP contribution in [0, 0.1) is 0 Å².